The van der Waals surface area contributed by atoms with Gasteiger partial charge in [-0.3, -0.25) is 0 Å². The van der Waals surface area contributed by atoms with Gasteiger partial charge >= 0.3 is 0 Å². The van der Waals surface area contributed by atoms with Crippen molar-refractivity contribution < 1.29 is 13.7 Å². The minimum absolute atomic E-state index is 0.0381. The van der Waals surface area contributed by atoms with E-state index in [-0.39, 0.29) is 46.4 Å². The Kier molecular flexibility index (Phi) is 8.00. The Hall–Kier alpha value is -9.38. The zero-order chi connectivity index (χ0) is 61.3. The van der Waals surface area contributed by atoms with Gasteiger partial charge in [-0.25, -0.2) is 0 Å². The number of benzene rings is 11. The first kappa shape index (κ1) is 36.6. The van der Waals surface area contributed by atoms with Crippen LogP contribution >= 0.6 is 0 Å². The Morgan fingerprint density at radius 2 is 0.679 bits per heavy atom. The minimum atomic E-state index is -0.469. The molecule has 0 aliphatic rings. The maximum atomic E-state index is 9.62. The van der Waals surface area contributed by atoms with Gasteiger partial charge in [0.1, 0.15) is 0 Å². The summed E-state index contributed by atoms with van der Waals surface area (Å²) in [7, 11) is 0. The lowest BCUT2D eigenvalue weighted by Crippen LogP contribution is -2.15. The van der Waals surface area contributed by atoms with E-state index in [4.69, 9.17) is 8.22 Å². The molecule has 4 heteroatoms. The topological polar surface area (TPSA) is 15.3 Å². The minimum Gasteiger partial charge on any atom is -0.309 e. The first-order chi connectivity index (χ1) is 42.2. The van der Waals surface area contributed by atoms with E-state index in [0.29, 0.717) is 22.7 Å². The molecule has 0 N–H and O–H groups in total. The average molecular weight is 1010 g/mol. The fraction of sp³-hybridized carbons (Fsp3) is 0.108. The van der Waals surface area contributed by atoms with E-state index in [0.717, 1.165) is 110 Å². The lowest BCUT2D eigenvalue weighted by molar-refractivity contribution is 0.591. The third-order valence-corrected chi connectivity index (χ3v) is 16.0. The van der Waals surface area contributed by atoms with Gasteiger partial charge in [-0.15, -0.1) is 0 Å². The molecule has 4 nitrogen and oxygen atoms in total. The quantitative estimate of drug-likeness (QED) is 0.151. The second-order valence-electron chi connectivity index (χ2n) is 22.5. The van der Waals surface area contributed by atoms with Crippen LogP contribution in [0.1, 0.15) is 66.4 Å². The van der Waals surface area contributed by atoms with Crippen LogP contribution in [0.4, 0.5) is 34.1 Å². The lowest BCUT2D eigenvalue weighted by Gasteiger charge is -2.30. The average Bonchev–Trinajstić information content (AvgIpc) is 1.56. The fourth-order valence-electron chi connectivity index (χ4n) is 12.8. The van der Waals surface area contributed by atoms with Gasteiger partial charge in [0.05, 0.1) is 69.6 Å². The van der Waals surface area contributed by atoms with Crippen LogP contribution < -0.4 is 9.80 Å². The molecule has 0 fully saturated rings. The standard InChI is InChI=1S/C74H58N4/c1-73(2,3)59-35-19-13-29-49(59)51-31-15-21-37-61(51)75(47-25-9-7-10-26-47)65-43-41-53-57-45-68-58(46-67(57)77-63-39-23-17-33-55(63)69(65)71(53)77)54-42-44-66(70-56-34-18-24-40-64(56)78(68)72(54)70)76(48-27-11-8-12-28-48)62-38-22-16-32-52(62)50-30-14-20-36-60(50)74(4,5)6/h7-46H,1-6H3/i7D,8D,9D,10D,11D,12D,25D,26D,27D,28D. The van der Waals surface area contributed by atoms with Gasteiger partial charge < -0.3 is 18.6 Å². The summed E-state index contributed by atoms with van der Waals surface area (Å²) in [5, 5.41) is 7.44. The highest BCUT2D eigenvalue weighted by Crippen LogP contribution is 2.53. The van der Waals surface area contributed by atoms with Crippen molar-refractivity contribution in [1.29, 1.82) is 0 Å². The van der Waals surface area contributed by atoms with Crippen LogP contribution in [0.15, 0.2) is 242 Å². The number of rotatable bonds is 8. The monoisotopic (exact) mass is 1010 g/mol. The van der Waals surface area contributed by atoms with E-state index in [1.54, 1.807) is 0 Å². The van der Waals surface area contributed by atoms with Gasteiger partial charge in [-0.1, -0.05) is 211 Å². The van der Waals surface area contributed by atoms with Gasteiger partial charge in [0.25, 0.3) is 0 Å². The van der Waals surface area contributed by atoms with E-state index in [9.17, 15) is 5.48 Å². The van der Waals surface area contributed by atoms with Crippen molar-refractivity contribution in [3.63, 3.8) is 0 Å². The molecule has 0 saturated carbocycles. The van der Waals surface area contributed by atoms with Crippen LogP contribution in [0.5, 0.6) is 0 Å². The highest BCUT2D eigenvalue weighted by molar-refractivity contribution is 6.32. The van der Waals surface area contributed by atoms with Crippen LogP contribution in [0.25, 0.3) is 98.4 Å². The highest BCUT2D eigenvalue weighted by atomic mass is 15.2. The van der Waals surface area contributed by atoms with Gasteiger partial charge in [0, 0.05) is 65.6 Å². The van der Waals surface area contributed by atoms with Crippen LogP contribution in [0, 0.1) is 0 Å². The van der Waals surface area contributed by atoms with Crippen molar-refractivity contribution in [2.24, 2.45) is 0 Å². The summed E-state index contributed by atoms with van der Waals surface area (Å²) >= 11 is 0. The summed E-state index contributed by atoms with van der Waals surface area (Å²) in [5.41, 5.74) is 13.6. The molecule has 0 bridgehead atoms. The zero-order valence-corrected chi connectivity index (χ0v) is 44.1. The number of anilines is 6. The second-order valence-corrected chi connectivity index (χ2v) is 22.5. The SMILES string of the molecule is [2H]c1c([2H])c([2H])c(N(c2ccccc2-c2ccccc2C(C)(C)C)c2ccc3c4cc5c(cc4n4c6ccccc6c2c34)c2ccc(N(c3ccccc3-c3ccccc3C(C)(C)C)c3c([2H])c([2H])c([2H])c([2H])c3[2H])c3c4ccccc4n5c23)c([2H])c1[2H]. The summed E-state index contributed by atoms with van der Waals surface area (Å²) in [5.74, 6) is 0. The predicted octanol–water partition coefficient (Wildman–Crippen LogP) is 20.9. The van der Waals surface area contributed by atoms with E-state index in [1.807, 2.05) is 107 Å². The Labute approximate surface area is 469 Å². The Bertz CT molecular complexity index is 5060. The Balaban J connectivity index is 1.03. The molecule has 0 aliphatic carbocycles. The molecular formula is C74H58N4. The summed E-state index contributed by atoms with van der Waals surface area (Å²) in [6.45, 7) is 13.1. The number of hydrogen-bond acceptors (Lipinski definition) is 2. The van der Waals surface area contributed by atoms with Gasteiger partial charge in [0.2, 0.25) is 0 Å². The molecule has 4 aromatic heterocycles. The predicted molar refractivity (Wildman–Crippen MR) is 333 cm³/mol. The molecule has 374 valence electrons. The molecule has 0 aliphatic heterocycles. The summed E-state index contributed by atoms with van der Waals surface area (Å²) in [6, 6.07) is 57.9. The number of hydrogen-bond donors (Lipinski definition) is 0. The highest BCUT2D eigenvalue weighted by Gasteiger charge is 2.30. The summed E-state index contributed by atoms with van der Waals surface area (Å²) in [6.07, 6.45) is 0. The van der Waals surface area contributed by atoms with Crippen molar-refractivity contribution in [2.75, 3.05) is 9.80 Å². The molecule has 0 atom stereocenters. The largest absolute Gasteiger partial charge is 0.309 e. The fourth-order valence-corrected chi connectivity index (χ4v) is 12.8. The second kappa shape index (κ2) is 17.1. The van der Waals surface area contributed by atoms with Crippen molar-refractivity contribution in [3.8, 4) is 22.3 Å². The number of aromatic nitrogens is 2. The maximum absolute atomic E-state index is 9.62. The van der Waals surface area contributed by atoms with Crippen molar-refractivity contribution >= 4 is 110 Å². The van der Waals surface area contributed by atoms with E-state index in [2.05, 4.69) is 135 Å². The lowest BCUT2D eigenvalue weighted by atomic mass is 9.81. The molecule has 0 spiro atoms. The Morgan fingerprint density at radius 1 is 0.321 bits per heavy atom. The molecule has 0 radical (unpaired) electrons. The smallest absolute Gasteiger partial charge is 0.0645 e. The third kappa shape index (κ3) is 6.72. The van der Waals surface area contributed by atoms with Crippen LogP contribution in [-0.2, 0) is 10.8 Å². The molecule has 4 heterocycles. The normalized spacial score (nSPS) is 14.3. The van der Waals surface area contributed by atoms with Crippen LogP contribution in [0.2, 0.25) is 0 Å². The van der Waals surface area contributed by atoms with Gasteiger partial charge in [-0.2, -0.15) is 0 Å². The van der Waals surface area contributed by atoms with E-state index >= 15 is 0 Å². The first-order valence-electron chi connectivity index (χ1n) is 31.6. The number of para-hydroxylation sites is 6. The summed E-state index contributed by atoms with van der Waals surface area (Å²) < 4.78 is 96.8. The molecular weight excluding hydrogens is 945 g/mol. The molecule has 15 aromatic rings. The number of nitrogens with zero attached hydrogens (tertiary/aromatic N) is 4. The molecule has 78 heavy (non-hydrogen) atoms. The first-order valence-corrected chi connectivity index (χ1v) is 26.6. The van der Waals surface area contributed by atoms with Crippen LogP contribution in [-0.4, -0.2) is 8.80 Å². The Morgan fingerprint density at radius 3 is 1.09 bits per heavy atom. The van der Waals surface area contributed by atoms with E-state index in [1.165, 1.54) is 0 Å². The van der Waals surface area contributed by atoms with Gasteiger partial charge in [-0.05, 0) is 106 Å². The van der Waals surface area contributed by atoms with Gasteiger partial charge in [0.15, 0.2) is 0 Å². The van der Waals surface area contributed by atoms with E-state index < -0.39 is 36.3 Å². The molecule has 0 saturated heterocycles. The maximum Gasteiger partial charge on any atom is 0.0645 e. The molecule has 0 unspecified atom stereocenters. The summed E-state index contributed by atoms with van der Waals surface area (Å²) in [4.78, 5) is 3.78. The van der Waals surface area contributed by atoms with Crippen molar-refractivity contribution in [1.82, 2.24) is 8.80 Å². The van der Waals surface area contributed by atoms with Crippen molar-refractivity contribution in [2.45, 2.75) is 52.4 Å². The third-order valence-electron chi connectivity index (χ3n) is 16.0. The molecule has 0 amide bonds. The van der Waals surface area contributed by atoms with Crippen molar-refractivity contribution in [3.05, 3.63) is 254 Å². The molecule has 15 rings (SSSR count). The number of fused-ring (bicyclic) bond motifs is 12. The molecule has 11 aromatic carbocycles. The zero-order valence-electron chi connectivity index (χ0n) is 54.1. The van der Waals surface area contributed by atoms with Crippen LogP contribution in [0.3, 0.4) is 0 Å².